The first-order valence-corrected chi connectivity index (χ1v) is 6.95. The van der Waals surface area contributed by atoms with E-state index in [1.807, 2.05) is 31.2 Å². The molecule has 0 spiro atoms. The Hall–Kier alpha value is -1.88. The van der Waals surface area contributed by atoms with Crippen molar-refractivity contribution in [2.24, 2.45) is 0 Å². The molecule has 0 aliphatic heterocycles. The van der Waals surface area contributed by atoms with Gasteiger partial charge in [-0.1, -0.05) is 37.2 Å². The topological polar surface area (TPSA) is 68.4 Å². The van der Waals surface area contributed by atoms with E-state index in [1.54, 1.807) is 0 Å². The second-order valence-electron chi connectivity index (χ2n) is 4.60. The Morgan fingerprint density at radius 3 is 2.85 bits per heavy atom. The minimum Gasteiger partial charge on any atom is -0.485 e. The average Bonchev–Trinajstić information content (AvgIpc) is 2.93. The molecule has 2 aromatic rings. The minimum atomic E-state index is -0.521. The summed E-state index contributed by atoms with van der Waals surface area (Å²) in [4.78, 5) is 4.24. The molecule has 108 valence electrons. The smallest absolute Gasteiger partial charge is 0.226 e. The molecule has 0 amide bonds. The molecule has 5 heteroatoms. The number of aliphatic hydroxyl groups is 1. The number of benzene rings is 1. The number of nitrogens with zero attached hydrogens (tertiary/aromatic N) is 2. The van der Waals surface area contributed by atoms with Crippen molar-refractivity contribution in [3.63, 3.8) is 0 Å². The Morgan fingerprint density at radius 1 is 1.30 bits per heavy atom. The molecule has 0 aliphatic carbocycles. The van der Waals surface area contributed by atoms with E-state index in [0.29, 0.717) is 23.9 Å². The largest absolute Gasteiger partial charge is 0.485 e. The van der Waals surface area contributed by atoms with Gasteiger partial charge in [0, 0.05) is 12.0 Å². The van der Waals surface area contributed by atoms with Gasteiger partial charge in [-0.15, -0.1) is 0 Å². The van der Waals surface area contributed by atoms with E-state index in [4.69, 9.17) is 9.26 Å². The van der Waals surface area contributed by atoms with Gasteiger partial charge in [-0.05, 0) is 18.9 Å². The Labute approximate surface area is 118 Å². The SMILES string of the molecule is CCCc1nc(COc2ccccc2C(O)CC)no1. The van der Waals surface area contributed by atoms with Gasteiger partial charge in [0.25, 0.3) is 0 Å². The van der Waals surface area contributed by atoms with Gasteiger partial charge in [0.2, 0.25) is 11.7 Å². The summed E-state index contributed by atoms with van der Waals surface area (Å²) in [6.45, 7) is 4.22. The molecule has 1 unspecified atom stereocenters. The number of aryl methyl sites for hydroxylation is 1. The highest BCUT2D eigenvalue weighted by Gasteiger charge is 2.12. The molecule has 1 atom stereocenters. The lowest BCUT2D eigenvalue weighted by Crippen LogP contribution is -2.03. The van der Waals surface area contributed by atoms with Crippen LogP contribution in [0.25, 0.3) is 0 Å². The van der Waals surface area contributed by atoms with Crippen molar-refractivity contribution < 1.29 is 14.4 Å². The van der Waals surface area contributed by atoms with Crippen LogP contribution in [0.15, 0.2) is 28.8 Å². The maximum absolute atomic E-state index is 9.95. The van der Waals surface area contributed by atoms with Crippen LogP contribution in [0.2, 0.25) is 0 Å². The van der Waals surface area contributed by atoms with E-state index < -0.39 is 6.10 Å². The third-order valence-electron chi connectivity index (χ3n) is 3.00. The van der Waals surface area contributed by atoms with Crippen LogP contribution in [0.4, 0.5) is 0 Å². The maximum Gasteiger partial charge on any atom is 0.226 e. The molecular formula is C15H20N2O3. The van der Waals surface area contributed by atoms with E-state index >= 15 is 0 Å². The average molecular weight is 276 g/mol. The van der Waals surface area contributed by atoms with Gasteiger partial charge in [-0.25, -0.2) is 0 Å². The third-order valence-corrected chi connectivity index (χ3v) is 3.00. The highest BCUT2D eigenvalue weighted by atomic mass is 16.5. The fraction of sp³-hybridized carbons (Fsp3) is 0.467. The molecular weight excluding hydrogens is 256 g/mol. The van der Waals surface area contributed by atoms with E-state index in [2.05, 4.69) is 17.1 Å². The Morgan fingerprint density at radius 2 is 2.10 bits per heavy atom. The van der Waals surface area contributed by atoms with Crippen LogP contribution in [0.3, 0.4) is 0 Å². The molecule has 0 saturated carbocycles. The van der Waals surface area contributed by atoms with Gasteiger partial charge in [0.05, 0.1) is 6.10 Å². The number of aromatic nitrogens is 2. The molecule has 1 aromatic carbocycles. The zero-order valence-electron chi connectivity index (χ0n) is 11.9. The van der Waals surface area contributed by atoms with Crippen molar-refractivity contribution in [3.8, 4) is 5.75 Å². The molecule has 2 rings (SSSR count). The first kappa shape index (κ1) is 14.5. The van der Waals surface area contributed by atoms with Crippen molar-refractivity contribution in [1.29, 1.82) is 0 Å². The fourth-order valence-electron chi connectivity index (χ4n) is 1.91. The molecule has 0 radical (unpaired) electrons. The van der Waals surface area contributed by atoms with Crippen molar-refractivity contribution >= 4 is 0 Å². The second-order valence-corrected chi connectivity index (χ2v) is 4.60. The van der Waals surface area contributed by atoms with Gasteiger partial charge in [-0.2, -0.15) is 4.98 Å². The standard InChI is InChI=1S/C15H20N2O3/c1-3-7-15-16-14(17-20-15)10-19-13-9-6-5-8-11(13)12(18)4-2/h5-6,8-9,12,18H,3-4,7,10H2,1-2H3. The predicted octanol–water partition coefficient (Wildman–Crippen LogP) is 3.04. The summed E-state index contributed by atoms with van der Waals surface area (Å²) in [6.07, 6.45) is 1.86. The Kier molecular flexibility index (Phi) is 5.12. The van der Waals surface area contributed by atoms with E-state index in [1.165, 1.54) is 0 Å². The Bertz CT molecular complexity index is 539. The lowest BCUT2D eigenvalue weighted by molar-refractivity contribution is 0.165. The van der Waals surface area contributed by atoms with Crippen molar-refractivity contribution in [2.75, 3.05) is 0 Å². The van der Waals surface area contributed by atoms with Gasteiger partial charge in [0.1, 0.15) is 5.75 Å². The third kappa shape index (κ3) is 3.57. The van der Waals surface area contributed by atoms with Crippen LogP contribution in [-0.4, -0.2) is 15.2 Å². The van der Waals surface area contributed by atoms with Crippen molar-refractivity contribution in [2.45, 2.75) is 45.8 Å². The minimum absolute atomic E-state index is 0.237. The number of aliphatic hydroxyl groups excluding tert-OH is 1. The van der Waals surface area contributed by atoms with Crippen LogP contribution >= 0.6 is 0 Å². The zero-order chi connectivity index (χ0) is 14.4. The number of hydrogen-bond donors (Lipinski definition) is 1. The molecule has 0 fully saturated rings. The molecule has 0 bridgehead atoms. The maximum atomic E-state index is 9.95. The highest BCUT2D eigenvalue weighted by molar-refractivity contribution is 5.35. The monoisotopic (exact) mass is 276 g/mol. The summed E-state index contributed by atoms with van der Waals surface area (Å²) in [7, 11) is 0. The lowest BCUT2D eigenvalue weighted by atomic mass is 10.1. The molecule has 0 aliphatic rings. The van der Waals surface area contributed by atoms with E-state index in [9.17, 15) is 5.11 Å². The predicted molar refractivity (Wildman–Crippen MR) is 74.3 cm³/mol. The molecule has 20 heavy (non-hydrogen) atoms. The lowest BCUT2D eigenvalue weighted by Gasteiger charge is -2.13. The van der Waals surface area contributed by atoms with Gasteiger partial charge in [0.15, 0.2) is 6.61 Å². The summed E-state index contributed by atoms with van der Waals surface area (Å²) in [5.41, 5.74) is 0.785. The number of ether oxygens (including phenoxy) is 1. The number of para-hydroxylation sites is 1. The summed E-state index contributed by atoms with van der Waals surface area (Å²) >= 11 is 0. The first-order chi connectivity index (χ1) is 9.74. The first-order valence-electron chi connectivity index (χ1n) is 6.95. The van der Waals surface area contributed by atoms with Gasteiger partial charge >= 0.3 is 0 Å². The second kappa shape index (κ2) is 7.05. The van der Waals surface area contributed by atoms with Crippen LogP contribution in [0.1, 0.15) is 50.1 Å². The van der Waals surface area contributed by atoms with E-state index in [-0.39, 0.29) is 6.61 Å². The zero-order valence-corrected chi connectivity index (χ0v) is 11.9. The van der Waals surface area contributed by atoms with Crippen LogP contribution in [-0.2, 0) is 13.0 Å². The molecule has 5 nitrogen and oxygen atoms in total. The van der Waals surface area contributed by atoms with Gasteiger partial charge < -0.3 is 14.4 Å². The summed E-state index contributed by atoms with van der Waals surface area (Å²) in [6, 6.07) is 7.46. The highest BCUT2D eigenvalue weighted by Crippen LogP contribution is 2.27. The van der Waals surface area contributed by atoms with Crippen molar-refractivity contribution in [1.82, 2.24) is 10.1 Å². The summed E-state index contributed by atoms with van der Waals surface area (Å²) in [5, 5.41) is 13.8. The quantitative estimate of drug-likeness (QED) is 0.841. The molecule has 1 N–H and O–H groups in total. The normalized spacial score (nSPS) is 12.3. The Balaban J connectivity index is 2.02. The summed E-state index contributed by atoms with van der Waals surface area (Å²) < 4.78 is 10.8. The number of rotatable bonds is 7. The van der Waals surface area contributed by atoms with Gasteiger partial charge in [-0.3, -0.25) is 0 Å². The summed E-state index contributed by atoms with van der Waals surface area (Å²) in [5.74, 6) is 1.81. The molecule has 1 heterocycles. The number of hydrogen-bond acceptors (Lipinski definition) is 5. The molecule has 1 aromatic heterocycles. The van der Waals surface area contributed by atoms with Crippen molar-refractivity contribution in [3.05, 3.63) is 41.5 Å². The van der Waals surface area contributed by atoms with Crippen LogP contribution in [0.5, 0.6) is 5.75 Å². The fourth-order valence-corrected chi connectivity index (χ4v) is 1.91. The molecule has 0 saturated heterocycles. The van der Waals surface area contributed by atoms with Crippen LogP contribution in [0, 0.1) is 0 Å². The van der Waals surface area contributed by atoms with Crippen LogP contribution < -0.4 is 4.74 Å². The van der Waals surface area contributed by atoms with E-state index in [0.717, 1.165) is 18.4 Å².